The van der Waals surface area contributed by atoms with Gasteiger partial charge >= 0.3 is 0 Å². The Labute approximate surface area is 110 Å². The average molecular weight is 248 g/mol. The fourth-order valence-electron chi connectivity index (χ4n) is 2.37. The predicted molar refractivity (Wildman–Crippen MR) is 74.6 cm³/mol. The lowest BCUT2D eigenvalue weighted by molar-refractivity contribution is -0.0567. The molecule has 100 valence electrons. The quantitative estimate of drug-likeness (QED) is 0.887. The zero-order valence-electron chi connectivity index (χ0n) is 11.6. The monoisotopic (exact) mass is 248 g/mol. The third-order valence-electron chi connectivity index (χ3n) is 3.85. The van der Waals surface area contributed by atoms with Crippen LogP contribution in [-0.4, -0.2) is 36.7 Å². The Balaban J connectivity index is 2.04. The lowest BCUT2D eigenvalue weighted by Crippen LogP contribution is -2.49. The minimum atomic E-state index is 0.188. The fraction of sp³-hybridized carbons (Fsp3) is 0.600. The molecule has 1 saturated heterocycles. The van der Waals surface area contributed by atoms with Gasteiger partial charge in [-0.2, -0.15) is 0 Å². The van der Waals surface area contributed by atoms with Gasteiger partial charge < -0.3 is 10.5 Å². The van der Waals surface area contributed by atoms with E-state index in [0.717, 1.165) is 19.7 Å². The largest absolute Gasteiger partial charge is 0.374 e. The highest BCUT2D eigenvalue weighted by molar-refractivity contribution is 5.29. The van der Waals surface area contributed by atoms with E-state index in [4.69, 9.17) is 10.5 Å². The molecule has 18 heavy (non-hydrogen) atoms. The normalized spacial score (nSPS) is 25.3. The maximum atomic E-state index is 5.70. The number of morpholine rings is 1. The molecule has 2 N–H and O–H groups in total. The lowest BCUT2D eigenvalue weighted by Gasteiger charge is -2.37. The highest BCUT2D eigenvalue weighted by atomic mass is 16.5. The number of ether oxygens (including phenoxy) is 1. The van der Waals surface area contributed by atoms with Gasteiger partial charge in [0.25, 0.3) is 0 Å². The molecule has 0 saturated carbocycles. The van der Waals surface area contributed by atoms with Gasteiger partial charge in [0.2, 0.25) is 0 Å². The molecule has 2 rings (SSSR count). The second-order valence-electron chi connectivity index (χ2n) is 5.39. The lowest BCUT2D eigenvalue weighted by atomic mass is 10.0. The maximum Gasteiger partial charge on any atom is 0.0824 e. The Morgan fingerprint density at radius 3 is 2.78 bits per heavy atom. The molecule has 1 aliphatic rings. The van der Waals surface area contributed by atoms with Crippen molar-refractivity contribution in [3.63, 3.8) is 0 Å². The molecular formula is C15H24N2O. The van der Waals surface area contributed by atoms with E-state index in [1.54, 1.807) is 0 Å². The van der Waals surface area contributed by atoms with Crippen LogP contribution < -0.4 is 5.73 Å². The molecule has 3 nitrogen and oxygen atoms in total. The van der Waals surface area contributed by atoms with Gasteiger partial charge in [-0.15, -0.1) is 0 Å². The first-order valence-corrected chi connectivity index (χ1v) is 6.72. The highest BCUT2D eigenvalue weighted by Gasteiger charge is 2.25. The van der Waals surface area contributed by atoms with Gasteiger partial charge in [-0.3, -0.25) is 4.90 Å². The first-order chi connectivity index (χ1) is 8.60. The van der Waals surface area contributed by atoms with Crippen LogP contribution in [0.3, 0.4) is 0 Å². The number of hydrogen-bond donors (Lipinski definition) is 1. The summed E-state index contributed by atoms with van der Waals surface area (Å²) in [5, 5.41) is 0. The van der Waals surface area contributed by atoms with Crippen molar-refractivity contribution in [1.29, 1.82) is 0 Å². The Hall–Kier alpha value is -0.900. The highest BCUT2D eigenvalue weighted by Crippen LogP contribution is 2.17. The van der Waals surface area contributed by atoms with E-state index >= 15 is 0 Å². The van der Waals surface area contributed by atoms with E-state index in [1.807, 2.05) is 0 Å². The van der Waals surface area contributed by atoms with Crippen LogP contribution in [0.4, 0.5) is 0 Å². The molecule has 1 aromatic rings. The summed E-state index contributed by atoms with van der Waals surface area (Å²) in [6.45, 7) is 9.86. The van der Waals surface area contributed by atoms with Crippen LogP contribution in [0.1, 0.15) is 23.6 Å². The summed E-state index contributed by atoms with van der Waals surface area (Å²) in [5.74, 6) is 0. The van der Waals surface area contributed by atoms with Crippen molar-refractivity contribution >= 4 is 0 Å². The molecule has 2 unspecified atom stereocenters. The van der Waals surface area contributed by atoms with Gasteiger partial charge in [0.1, 0.15) is 0 Å². The zero-order valence-corrected chi connectivity index (χ0v) is 11.6. The standard InChI is InChI=1S/C15H24N2O/c1-11-4-5-14(6-12(11)2)8-17-9-15(7-16)18-10-13(17)3/h4-6,13,15H,7-10,16H2,1-3H3. The third-order valence-corrected chi connectivity index (χ3v) is 3.85. The number of benzene rings is 1. The van der Waals surface area contributed by atoms with Crippen molar-refractivity contribution in [3.05, 3.63) is 34.9 Å². The summed E-state index contributed by atoms with van der Waals surface area (Å²) >= 11 is 0. The number of hydrogen-bond acceptors (Lipinski definition) is 3. The Morgan fingerprint density at radius 1 is 1.33 bits per heavy atom. The van der Waals surface area contributed by atoms with Crippen LogP contribution >= 0.6 is 0 Å². The molecule has 0 amide bonds. The van der Waals surface area contributed by atoms with E-state index in [2.05, 4.69) is 43.9 Å². The van der Waals surface area contributed by atoms with Crippen molar-refractivity contribution < 1.29 is 4.74 Å². The van der Waals surface area contributed by atoms with E-state index in [9.17, 15) is 0 Å². The van der Waals surface area contributed by atoms with E-state index < -0.39 is 0 Å². The second kappa shape index (κ2) is 5.83. The molecule has 0 bridgehead atoms. The number of nitrogens with zero attached hydrogens (tertiary/aromatic N) is 1. The van der Waals surface area contributed by atoms with Crippen LogP contribution in [0.15, 0.2) is 18.2 Å². The van der Waals surface area contributed by atoms with Gasteiger partial charge in [-0.1, -0.05) is 18.2 Å². The Kier molecular flexibility index (Phi) is 4.38. The van der Waals surface area contributed by atoms with E-state index in [1.165, 1.54) is 16.7 Å². The first-order valence-electron chi connectivity index (χ1n) is 6.72. The molecule has 1 heterocycles. The molecule has 0 spiro atoms. The fourth-order valence-corrected chi connectivity index (χ4v) is 2.37. The van der Waals surface area contributed by atoms with Crippen molar-refractivity contribution in [1.82, 2.24) is 4.90 Å². The van der Waals surface area contributed by atoms with Gasteiger partial charge in [0.05, 0.1) is 12.7 Å². The topological polar surface area (TPSA) is 38.5 Å². The smallest absolute Gasteiger partial charge is 0.0824 e. The van der Waals surface area contributed by atoms with Crippen LogP contribution in [0.25, 0.3) is 0 Å². The molecule has 0 aromatic heterocycles. The summed E-state index contributed by atoms with van der Waals surface area (Å²) in [6.07, 6.45) is 0.188. The summed E-state index contributed by atoms with van der Waals surface area (Å²) in [4.78, 5) is 2.46. The van der Waals surface area contributed by atoms with E-state index in [0.29, 0.717) is 12.6 Å². The molecule has 2 atom stereocenters. The average Bonchev–Trinajstić information content (AvgIpc) is 2.36. The van der Waals surface area contributed by atoms with Crippen molar-refractivity contribution in [2.24, 2.45) is 5.73 Å². The van der Waals surface area contributed by atoms with Crippen LogP contribution in [-0.2, 0) is 11.3 Å². The second-order valence-corrected chi connectivity index (χ2v) is 5.39. The van der Waals surface area contributed by atoms with E-state index in [-0.39, 0.29) is 6.10 Å². The van der Waals surface area contributed by atoms with Crippen LogP contribution in [0.2, 0.25) is 0 Å². The van der Waals surface area contributed by atoms with Gasteiger partial charge in [0.15, 0.2) is 0 Å². The minimum Gasteiger partial charge on any atom is -0.374 e. The number of rotatable bonds is 3. The predicted octanol–water partition coefficient (Wildman–Crippen LogP) is 1.85. The van der Waals surface area contributed by atoms with Crippen LogP contribution in [0.5, 0.6) is 0 Å². The Morgan fingerprint density at radius 2 is 2.11 bits per heavy atom. The van der Waals surface area contributed by atoms with Crippen LogP contribution in [0, 0.1) is 13.8 Å². The van der Waals surface area contributed by atoms with Crippen molar-refractivity contribution in [2.75, 3.05) is 19.7 Å². The summed E-state index contributed by atoms with van der Waals surface area (Å²) in [7, 11) is 0. The molecule has 0 aliphatic carbocycles. The molecule has 3 heteroatoms. The Bertz CT molecular complexity index is 405. The molecule has 1 aromatic carbocycles. The summed E-state index contributed by atoms with van der Waals surface area (Å²) in [5.41, 5.74) is 9.79. The summed E-state index contributed by atoms with van der Waals surface area (Å²) in [6, 6.07) is 7.18. The molecule has 1 aliphatic heterocycles. The molecule has 0 radical (unpaired) electrons. The van der Waals surface area contributed by atoms with Gasteiger partial charge in [0, 0.05) is 25.7 Å². The van der Waals surface area contributed by atoms with Crippen molar-refractivity contribution in [3.8, 4) is 0 Å². The van der Waals surface area contributed by atoms with Crippen molar-refractivity contribution in [2.45, 2.75) is 39.5 Å². The maximum absolute atomic E-state index is 5.70. The minimum absolute atomic E-state index is 0.188. The summed E-state index contributed by atoms with van der Waals surface area (Å²) < 4.78 is 5.68. The SMILES string of the molecule is Cc1ccc(CN2CC(CN)OCC2C)cc1C. The molecule has 1 fully saturated rings. The van der Waals surface area contributed by atoms with Gasteiger partial charge in [-0.25, -0.2) is 0 Å². The molecular weight excluding hydrogens is 224 g/mol. The van der Waals surface area contributed by atoms with Gasteiger partial charge in [-0.05, 0) is 37.5 Å². The zero-order chi connectivity index (χ0) is 13.1. The number of aryl methyl sites for hydroxylation is 2. The third kappa shape index (κ3) is 3.10. The first kappa shape index (κ1) is 13.5. The number of nitrogens with two attached hydrogens (primary N) is 1.